The summed E-state index contributed by atoms with van der Waals surface area (Å²) in [6.07, 6.45) is 5.18. The summed E-state index contributed by atoms with van der Waals surface area (Å²) in [5.41, 5.74) is 4.09. The van der Waals surface area contributed by atoms with Gasteiger partial charge < -0.3 is 14.5 Å². The fourth-order valence-electron chi connectivity index (χ4n) is 3.13. The highest BCUT2D eigenvalue weighted by molar-refractivity contribution is 5.77. The highest BCUT2D eigenvalue weighted by Gasteiger charge is 2.22. The second-order valence-corrected chi connectivity index (χ2v) is 6.50. The van der Waals surface area contributed by atoms with Gasteiger partial charge in [-0.1, -0.05) is 19.1 Å². The largest absolute Gasteiger partial charge is 0.497 e. The van der Waals surface area contributed by atoms with Gasteiger partial charge in [0.1, 0.15) is 11.4 Å². The van der Waals surface area contributed by atoms with Crippen LogP contribution in [0.3, 0.4) is 0 Å². The Morgan fingerprint density at radius 2 is 2.15 bits per heavy atom. The normalized spacial score (nSPS) is 12.1. The summed E-state index contributed by atoms with van der Waals surface area (Å²) in [7, 11) is 1.65. The lowest BCUT2D eigenvalue weighted by Crippen LogP contribution is -2.26. The van der Waals surface area contributed by atoms with Crippen LogP contribution in [0.25, 0.3) is 5.65 Å². The molecule has 1 N–H and O–H groups in total. The second kappa shape index (κ2) is 8.04. The minimum absolute atomic E-state index is 0.0433. The van der Waals surface area contributed by atoms with Gasteiger partial charge in [-0.3, -0.25) is 4.79 Å². The molecule has 0 unspecified atom stereocenters. The Morgan fingerprint density at radius 3 is 2.92 bits per heavy atom. The van der Waals surface area contributed by atoms with Gasteiger partial charge in [0.2, 0.25) is 5.91 Å². The lowest BCUT2D eigenvalue weighted by Gasteiger charge is -2.18. The number of pyridine rings is 1. The molecule has 1 aromatic carbocycles. The van der Waals surface area contributed by atoms with Gasteiger partial charge in [0, 0.05) is 31.3 Å². The minimum Gasteiger partial charge on any atom is -0.497 e. The highest BCUT2D eigenvalue weighted by Crippen LogP contribution is 2.31. The van der Waals surface area contributed by atoms with Crippen LogP contribution in [-0.2, 0) is 4.79 Å². The first kappa shape index (κ1) is 18.0. The number of hydrogen-bond donors (Lipinski definition) is 1. The number of aryl methyl sites for hydroxylation is 1. The zero-order valence-electron chi connectivity index (χ0n) is 15.5. The zero-order valence-corrected chi connectivity index (χ0v) is 15.5. The lowest BCUT2D eigenvalue weighted by molar-refractivity contribution is -0.121. The average molecular weight is 351 g/mol. The van der Waals surface area contributed by atoms with E-state index in [0.717, 1.165) is 34.6 Å². The number of amides is 1. The molecule has 0 bridgehead atoms. The summed E-state index contributed by atoms with van der Waals surface area (Å²) >= 11 is 0. The van der Waals surface area contributed by atoms with E-state index >= 15 is 0 Å². The summed E-state index contributed by atoms with van der Waals surface area (Å²) in [6, 6.07) is 12.0. The van der Waals surface area contributed by atoms with Gasteiger partial charge in [-0.25, -0.2) is 4.98 Å². The van der Waals surface area contributed by atoms with Gasteiger partial charge in [0.25, 0.3) is 0 Å². The number of rotatable bonds is 7. The first-order chi connectivity index (χ1) is 12.6. The molecule has 3 aromatic rings. The molecule has 1 amide bonds. The molecule has 5 heteroatoms. The van der Waals surface area contributed by atoms with Crippen molar-refractivity contribution in [1.29, 1.82) is 0 Å². The van der Waals surface area contributed by atoms with Crippen molar-refractivity contribution in [3.63, 3.8) is 0 Å². The number of aromatic nitrogens is 2. The zero-order chi connectivity index (χ0) is 18.5. The van der Waals surface area contributed by atoms with Crippen LogP contribution in [0.2, 0.25) is 0 Å². The monoisotopic (exact) mass is 351 g/mol. The van der Waals surface area contributed by atoms with Crippen LogP contribution >= 0.6 is 0 Å². The number of nitrogens with one attached hydrogen (secondary N) is 1. The van der Waals surface area contributed by atoms with Crippen molar-refractivity contribution in [2.24, 2.45) is 0 Å². The molecule has 0 spiro atoms. The molecule has 0 fully saturated rings. The standard InChI is InChI=1S/C21H25N3O2/c1-4-9-22-21(25)13-18(16-6-5-7-17(12-16)26-3)19-14-23-20-11-15(2)8-10-24(19)20/h5-8,10-12,14,18H,4,9,13H2,1-3H3,(H,22,25)/t18-/m0/s1. The van der Waals surface area contributed by atoms with E-state index in [1.54, 1.807) is 7.11 Å². The number of imidazole rings is 1. The van der Waals surface area contributed by atoms with E-state index in [9.17, 15) is 4.79 Å². The van der Waals surface area contributed by atoms with Gasteiger partial charge in [-0.15, -0.1) is 0 Å². The first-order valence-electron chi connectivity index (χ1n) is 8.96. The van der Waals surface area contributed by atoms with Crippen LogP contribution in [0.1, 0.15) is 42.5 Å². The van der Waals surface area contributed by atoms with E-state index in [2.05, 4.69) is 20.8 Å². The van der Waals surface area contributed by atoms with E-state index in [4.69, 9.17) is 4.74 Å². The predicted molar refractivity (Wildman–Crippen MR) is 103 cm³/mol. The van der Waals surface area contributed by atoms with Crippen molar-refractivity contribution in [3.05, 3.63) is 65.6 Å². The predicted octanol–water partition coefficient (Wildman–Crippen LogP) is 3.70. The smallest absolute Gasteiger partial charge is 0.221 e. The summed E-state index contributed by atoms with van der Waals surface area (Å²) in [4.78, 5) is 17.0. The number of methoxy groups -OCH3 is 1. The fraction of sp³-hybridized carbons (Fsp3) is 0.333. The van der Waals surface area contributed by atoms with Crippen LogP contribution in [0.15, 0.2) is 48.8 Å². The number of carbonyl (C=O) groups is 1. The van der Waals surface area contributed by atoms with Crippen molar-refractivity contribution in [1.82, 2.24) is 14.7 Å². The third-order valence-corrected chi connectivity index (χ3v) is 4.51. The van der Waals surface area contributed by atoms with Crippen LogP contribution in [-0.4, -0.2) is 28.9 Å². The molecule has 0 aliphatic carbocycles. The van der Waals surface area contributed by atoms with Crippen molar-refractivity contribution in [2.75, 3.05) is 13.7 Å². The van der Waals surface area contributed by atoms with Crippen molar-refractivity contribution in [2.45, 2.75) is 32.6 Å². The first-order valence-corrected chi connectivity index (χ1v) is 8.96. The van der Waals surface area contributed by atoms with E-state index in [1.165, 1.54) is 0 Å². The molecule has 5 nitrogen and oxygen atoms in total. The maximum absolute atomic E-state index is 12.5. The molecule has 26 heavy (non-hydrogen) atoms. The molecular formula is C21H25N3O2. The highest BCUT2D eigenvalue weighted by atomic mass is 16.5. The number of fused-ring (bicyclic) bond motifs is 1. The maximum Gasteiger partial charge on any atom is 0.221 e. The average Bonchev–Trinajstić information content (AvgIpc) is 3.07. The van der Waals surface area contributed by atoms with Crippen molar-refractivity contribution < 1.29 is 9.53 Å². The molecule has 0 aliphatic rings. The Morgan fingerprint density at radius 1 is 1.31 bits per heavy atom. The Bertz CT molecular complexity index is 901. The molecule has 0 saturated heterocycles. The topological polar surface area (TPSA) is 55.6 Å². The van der Waals surface area contributed by atoms with Crippen molar-refractivity contribution >= 4 is 11.6 Å². The number of benzene rings is 1. The van der Waals surface area contributed by atoms with E-state index in [1.807, 2.05) is 56.6 Å². The number of carbonyl (C=O) groups excluding carboxylic acids is 1. The van der Waals surface area contributed by atoms with Crippen LogP contribution in [0.5, 0.6) is 5.75 Å². The molecule has 2 aromatic heterocycles. The maximum atomic E-state index is 12.5. The van der Waals surface area contributed by atoms with Crippen LogP contribution in [0.4, 0.5) is 0 Å². The van der Waals surface area contributed by atoms with Gasteiger partial charge in [0.15, 0.2) is 0 Å². The van der Waals surface area contributed by atoms with E-state index < -0.39 is 0 Å². The Balaban J connectivity index is 2.02. The fourth-order valence-corrected chi connectivity index (χ4v) is 3.13. The van der Waals surface area contributed by atoms with E-state index in [-0.39, 0.29) is 11.8 Å². The summed E-state index contributed by atoms with van der Waals surface area (Å²) in [5.74, 6) is 0.729. The third-order valence-electron chi connectivity index (χ3n) is 4.51. The lowest BCUT2D eigenvalue weighted by atomic mass is 9.92. The van der Waals surface area contributed by atoms with Crippen molar-refractivity contribution in [3.8, 4) is 5.75 Å². The number of nitrogens with zero attached hydrogens (tertiary/aromatic N) is 2. The van der Waals surface area contributed by atoms with E-state index in [0.29, 0.717) is 13.0 Å². The third kappa shape index (κ3) is 3.87. The second-order valence-electron chi connectivity index (χ2n) is 6.50. The van der Waals surface area contributed by atoms with Gasteiger partial charge >= 0.3 is 0 Å². The number of hydrogen-bond acceptors (Lipinski definition) is 3. The molecule has 0 aliphatic heterocycles. The molecule has 0 radical (unpaired) electrons. The molecule has 2 heterocycles. The quantitative estimate of drug-likeness (QED) is 0.706. The SMILES string of the molecule is CCCNC(=O)C[C@@H](c1cccc(OC)c1)c1cnc2cc(C)ccn12. The molecule has 136 valence electrons. The Hall–Kier alpha value is -2.82. The van der Waals surface area contributed by atoms with Gasteiger partial charge in [-0.05, 0) is 48.7 Å². The number of ether oxygens (including phenoxy) is 1. The van der Waals surface area contributed by atoms with Crippen LogP contribution in [0, 0.1) is 6.92 Å². The Labute approximate surface area is 154 Å². The summed E-state index contributed by atoms with van der Waals surface area (Å²) < 4.78 is 7.43. The van der Waals surface area contributed by atoms with Gasteiger partial charge in [0.05, 0.1) is 12.8 Å². The Kier molecular flexibility index (Phi) is 5.56. The van der Waals surface area contributed by atoms with Crippen LogP contribution < -0.4 is 10.1 Å². The molecular weight excluding hydrogens is 326 g/mol. The molecule has 0 saturated carbocycles. The summed E-state index contributed by atoms with van der Waals surface area (Å²) in [5, 5.41) is 2.98. The van der Waals surface area contributed by atoms with Gasteiger partial charge in [-0.2, -0.15) is 0 Å². The molecule has 3 rings (SSSR count). The molecule has 1 atom stereocenters. The minimum atomic E-state index is -0.0975. The summed E-state index contributed by atoms with van der Waals surface area (Å²) in [6.45, 7) is 4.79.